The minimum Gasteiger partial charge on any atom is -0.389 e. The summed E-state index contributed by atoms with van der Waals surface area (Å²) < 4.78 is 0. The molecule has 1 saturated carbocycles. The van der Waals surface area contributed by atoms with E-state index in [0.29, 0.717) is 4.99 Å². The molecule has 2 rings (SSSR count). The number of nitrogens with zero attached hydrogens (tertiary/aromatic N) is 2. The second kappa shape index (κ2) is 4.33. The zero-order chi connectivity index (χ0) is 11.7. The Bertz CT molecular complexity index is 426. The number of nitrogens with one attached hydrogen (secondary N) is 1. The van der Waals surface area contributed by atoms with Crippen LogP contribution in [0.3, 0.4) is 0 Å². The van der Waals surface area contributed by atoms with Gasteiger partial charge in [0, 0.05) is 6.54 Å². The summed E-state index contributed by atoms with van der Waals surface area (Å²) in [6.07, 6.45) is 2.60. The Kier molecular flexibility index (Phi) is 3.05. The van der Waals surface area contributed by atoms with Gasteiger partial charge < -0.3 is 11.1 Å². The third-order valence-electron chi connectivity index (χ3n) is 2.96. The largest absolute Gasteiger partial charge is 0.389 e. The summed E-state index contributed by atoms with van der Waals surface area (Å²) in [5.74, 6) is 1.50. The molecule has 16 heavy (non-hydrogen) atoms. The van der Waals surface area contributed by atoms with E-state index in [2.05, 4.69) is 15.5 Å². The van der Waals surface area contributed by atoms with Gasteiger partial charge in [-0.25, -0.2) is 0 Å². The minimum atomic E-state index is 0.383. The van der Waals surface area contributed by atoms with Crippen LogP contribution in [0.15, 0.2) is 0 Å². The van der Waals surface area contributed by atoms with Crippen LogP contribution in [0.1, 0.15) is 29.7 Å². The Morgan fingerprint density at radius 1 is 1.44 bits per heavy atom. The maximum Gasteiger partial charge on any atom is 0.159 e. The molecule has 1 fully saturated rings. The zero-order valence-electron chi connectivity index (χ0n) is 9.58. The quantitative estimate of drug-likeness (QED) is 0.777. The molecule has 4 nitrogen and oxygen atoms in total. The molecular formula is C11H16N4S. The SMILES string of the molecule is Cc1nnc(NCC2CC2)c(C(N)=S)c1C. The van der Waals surface area contributed by atoms with Gasteiger partial charge in [-0.05, 0) is 38.2 Å². The van der Waals surface area contributed by atoms with Crippen LogP contribution in [-0.2, 0) is 0 Å². The summed E-state index contributed by atoms with van der Waals surface area (Å²) in [5.41, 5.74) is 8.46. The van der Waals surface area contributed by atoms with Crippen LogP contribution in [-0.4, -0.2) is 21.7 Å². The Morgan fingerprint density at radius 2 is 2.12 bits per heavy atom. The first kappa shape index (κ1) is 11.3. The summed E-state index contributed by atoms with van der Waals surface area (Å²) in [5, 5.41) is 11.5. The lowest BCUT2D eigenvalue weighted by Gasteiger charge is -2.12. The van der Waals surface area contributed by atoms with Crippen molar-refractivity contribution < 1.29 is 0 Å². The topological polar surface area (TPSA) is 63.8 Å². The van der Waals surface area contributed by atoms with Crippen molar-refractivity contribution in [1.29, 1.82) is 0 Å². The summed E-state index contributed by atoms with van der Waals surface area (Å²) in [4.78, 5) is 0.383. The van der Waals surface area contributed by atoms with Gasteiger partial charge >= 0.3 is 0 Å². The number of rotatable bonds is 4. The maximum atomic E-state index is 5.73. The van der Waals surface area contributed by atoms with Gasteiger partial charge in [-0.3, -0.25) is 0 Å². The molecule has 1 aromatic rings. The molecule has 0 radical (unpaired) electrons. The number of anilines is 1. The summed E-state index contributed by atoms with van der Waals surface area (Å²) in [6, 6.07) is 0. The maximum absolute atomic E-state index is 5.73. The van der Waals surface area contributed by atoms with E-state index >= 15 is 0 Å². The van der Waals surface area contributed by atoms with Crippen LogP contribution in [0, 0.1) is 19.8 Å². The van der Waals surface area contributed by atoms with E-state index in [1.54, 1.807) is 0 Å². The predicted molar refractivity (Wildman–Crippen MR) is 68.6 cm³/mol. The van der Waals surface area contributed by atoms with Gasteiger partial charge in [-0.15, -0.1) is 5.10 Å². The van der Waals surface area contributed by atoms with Crippen LogP contribution >= 0.6 is 12.2 Å². The first-order valence-corrected chi connectivity index (χ1v) is 5.88. The van der Waals surface area contributed by atoms with Gasteiger partial charge in [0.15, 0.2) is 5.82 Å². The Labute approximate surface area is 101 Å². The van der Waals surface area contributed by atoms with Gasteiger partial charge in [-0.2, -0.15) is 5.10 Å². The van der Waals surface area contributed by atoms with E-state index in [1.807, 2.05) is 13.8 Å². The van der Waals surface area contributed by atoms with E-state index in [1.165, 1.54) is 12.8 Å². The lowest BCUT2D eigenvalue weighted by Crippen LogP contribution is -2.18. The molecule has 1 aromatic heterocycles. The van der Waals surface area contributed by atoms with Crippen molar-refractivity contribution in [1.82, 2.24) is 10.2 Å². The Balaban J connectivity index is 2.27. The lowest BCUT2D eigenvalue weighted by molar-refractivity contribution is 0.865. The first-order valence-electron chi connectivity index (χ1n) is 5.47. The second-order valence-corrected chi connectivity index (χ2v) is 4.76. The van der Waals surface area contributed by atoms with Crippen molar-refractivity contribution in [3.63, 3.8) is 0 Å². The summed E-state index contributed by atoms with van der Waals surface area (Å²) in [6.45, 7) is 4.82. The van der Waals surface area contributed by atoms with Gasteiger partial charge in [-0.1, -0.05) is 12.2 Å². The average molecular weight is 236 g/mol. The molecular weight excluding hydrogens is 220 g/mol. The molecule has 0 aliphatic heterocycles. The molecule has 0 atom stereocenters. The highest BCUT2D eigenvalue weighted by Crippen LogP contribution is 2.29. The van der Waals surface area contributed by atoms with Crippen molar-refractivity contribution in [2.24, 2.45) is 11.7 Å². The molecule has 1 heterocycles. The standard InChI is InChI=1S/C11H16N4S/c1-6-7(2)14-15-11(9(6)10(12)16)13-5-8-3-4-8/h8H,3-5H2,1-2H3,(H2,12,16)(H,13,15). The summed E-state index contributed by atoms with van der Waals surface area (Å²) >= 11 is 5.06. The van der Waals surface area contributed by atoms with Gasteiger partial charge in [0.2, 0.25) is 0 Å². The smallest absolute Gasteiger partial charge is 0.159 e. The molecule has 0 unspecified atom stereocenters. The van der Waals surface area contributed by atoms with Crippen LogP contribution in [0.25, 0.3) is 0 Å². The van der Waals surface area contributed by atoms with Crippen LogP contribution in [0.2, 0.25) is 0 Å². The Morgan fingerprint density at radius 3 is 2.69 bits per heavy atom. The second-order valence-electron chi connectivity index (χ2n) is 4.32. The fourth-order valence-corrected chi connectivity index (χ4v) is 1.85. The number of aryl methyl sites for hydroxylation is 1. The minimum absolute atomic E-state index is 0.383. The van der Waals surface area contributed by atoms with E-state index in [4.69, 9.17) is 18.0 Å². The number of aromatic nitrogens is 2. The van der Waals surface area contributed by atoms with E-state index in [-0.39, 0.29) is 0 Å². The van der Waals surface area contributed by atoms with Crippen LogP contribution in [0.4, 0.5) is 5.82 Å². The average Bonchev–Trinajstić information content (AvgIpc) is 3.03. The fourth-order valence-electron chi connectivity index (χ4n) is 1.60. The van der Waals surface area contributed by atoms with Crippen molar-refractivity contribution in [3.05, 3.63) is 16.8 Å². The zero-order valence-corrected chi connectivity index (χ0v) is 10.4. The molecule has 3 N–H and O–H groups in total. The number of nitrogens with two attached hydrogens (primary N) is 1. The molecule has 5 heteroatoms. The number of hydrogen-bond donors (Lipinski definition) is 2. The van der Waals surface area contributed by atoms with E-state index in [9.17, 15) is 0 Å². The first-order chi connectivity index (χ1) is 7.59. The van der Waals surface area contributed by atoms with Crippen LogP contribution < -0.4 is 11.1 Å². The monoisotopic (exact) mass is 236 g/mol. The third kappa shape index (κ3) is 2.29. The fraction of sp³-hybridized carbons (Fsp3) is 0.545. The molecule has 0 bridgehead atoms. The normalized spacial score (nSPS) is 14.9. The molecule has 0 saturated heterocycles. The van der Waals surface area contributed by atoms with E-state index in [0.717, 1.165) is 35.1 Å². The molecule has 86 valence electrons. The van der Waals surface area contributed by atoms with Gasteiger partial charge in [0.1, 0.15) is 4.99 Å². The van der Waals surface area contributed by atoms with E-state index < -0.39 is 0 Å². The number of thiocarbonyl (C=S) groups is 1. The van der Waals surface area contributed by atoms with Crippen molar-refractivity contribution in [2.45, 2.75) is 26.7 Å². The Hall–Kier alpha value is -1.23. The molecule has 0 spiro atoms. The van der Waals surface area contributed by atoms with Gasteiger partial charge in [0.05, 0.1) is 11.3 Å². The molecule has 0 amide bonds. The lowest BCUT2D eigenvalue weighted by atomic mass is 10.1. The predicted octanol–water partition coefficient (Wildman–Crippen LogP) is 1.55. The van der Waals surface area contributed by atoms with Gasteiger partial charge in [0.25, 0.3) is 0 Å². The molecule has 1 aliphatic rings. The highest BCUT2D eigenvalue weighted by molar-refractivity contribution is 7.80. The van der Waals surface area contributed by atoms with Crippen molar-refractivity contribution in [3.8, 4) is 0 Å². The third-order valence-corrected chi connectivity index (χ3v) is 3.16. The molecule has 1 aliphatic carbocycles. The van der Waals surface area contributed by atoms with Crippen LogP contribution in [0.5, 0.6) is 0 Å². The molecule has 0 aromatic carbocycles. The van der Waals surface area contributed by atoms with Crippen molar-refractivity contribution >= 4 is 23.0 Å². The summed E-state index contributed by atoms with van der Waals surface area (Å²) in [7, 11) is 0. The highest BCUT2D eigenvalue weighted by atomic mass is 32.1. The number of hydrogen-bond acceptors (Lipinski definition) is 4. The van der Waals surface area contributed by atoms with Crippen molar-refractivity contribution in [2.75, 3.05) is 11.9 Å². The highest BCUT2D eigenvalue weighted by Gasteiger charge is 2.22.